The van der Waals surface area contributed by atoms with Gasteiger partial charge in [0.1, 0.15) is 0 Å². The largest absolute Gasteiger partial charge is 0.325 e. The predicted molar refractivity (Wildman–Crippen MR) is 109 cm³/mol. The van der Waals surface area contributed by atoms with Crippen LogP contribution in [0.15, 0.2) is 65.6 Å². The Morgan fingerprint density at radius 3 is 2.35 bits per heavy atom. The third-order valence-electron chi connectivity index (χ3n) is 3.47. The van der Waals surface area contributed by atoms with Crippen LogP contribution >= 0.6 is 11.8 Å². The highest BCUT2D eigenvalue weighted by Crippen LogP contribution is 2.17. The first-order valence-corrected chi connectivity index (χ1v) is 10.6. The number of hydrogen-bond acceptors (Lipinski definition) is 4. The van der Waals surface area contributed by atoms with Crippen LogP contribution in [0.4, 0.5) is 5.69 Å². The zero-order valence-corrected chi connectivity index (χ0v) is 16.4. The summed E-state index contributed by atoms with van der Waals surface area (Å²) in [6.07, 6.45) is 4.04. The third-order valence-corrected chi connectivity index (χ3v) is 6.20. The van der Waals surface area contributed by atoms with Crippen LogP contribution in [-0.2, 0) is 14.8 Å². The van der Waals surface area contributed by atoms with Crippen LogP contribution in [0.3, 0.4) is 0 Å². The quantitative estimate of drug-likeness (QED) is 0.702. The van der Waals surface area contributed by atoms with Gasteiger partial charge >= 0.3 is 0 Å². The first kappa shape index (κ1) is 20.2. The van der Waals surface area contributed by atoms with E-state index in [9.17, 15) is 13.2 Å². The van der Waals surface area contributed by atoms with Gasteiger partial charge in [0.15, 0.2) is 0 Å². The van der Waals surface area contributed by atoms with Gasteiger partial charge in [0.25, 0.3) is 0 Å². The van der Waals surface area contributed by atoms with Crippen molar-refractivity contribution in [2.75, 3.05) is 30.9 Å². The lowest BCUT2D eigenvalue weighted by Gasteiger charge is -2.12. The fourth-order valence-corrected chi connectivity index (χ4v) is 3.60. The number of sulfonamides is 1. The van der Waals surface area contributed by atoms with Crippen molar-refractivity contribution >= 4 is 39.5 Å². The Morgan fingerprint density at radius 2 is 1.73 bits per heavy atom. The minimum absolute atomic E-state index is 0.119. The molecule has 2 aromatic rings. The van der Waals surface area contributed by atoms with Crippen molar-refractivity contribution < 1.29 is 13.2 Å². The van der Waals surface area contributed by atoms with Gasteiger partial charge in [-0.25, -0.2) is 12.7 Å². The molecule has 0 radical (unpaired) electrons. The number of amides is 1. The van der Waals surface area contributed by atoms with E-state index in [-0.39, 0.29) is 10.8 Å². The van der Waals surface area contributed by atoms with Crippen LogP contribution in [-0.4, -0.2) is 44.2 Å². The van der Waals surface area contributed by atoms with Crippen molar-refractivity contribution in [2.24, 2.45) is 0 Å². The van der Waals surface area contributed by atoms with Gasteiger partial charge < -0.3 is 5.32 Å². The number of benzene rings is 2. The Labute approximate surface area is 159 Å². The molecule has 0 saturated carbocycles. The second kappa shape index (κ2) is 9.56. The molecule has 0 aliphatic rings. The Balaban J connectivity index is 1.78. The molecule has 7 heteroatoms. The highest BCUT2D eigenvalue weighted by Gasteiger charge is 2.16. The van der Waals surface area contributed by atoms with Crippen LogP contribution < -0.4 is 5.32 Å². The fourth-order valence-electron chi connectivity index (χ4n) is 2.09. The van der Waals surface area contributed by atoms with E-state index in [1.54, 1.807) is 12.1 Å². The van der Waals surface area contributed by atoms with Crippen molar-refractivity contribution in [1.82, 2.24) is 4.31 Å². The number of nitrogens with zero attached hydrogens (tertiary/aromatic N) is 1. The lowest BCUT2D eigenvalue weighted by Crippen LogP contribution is -2.22. The van der Waals surface area contributed by atoms with Gasteiger partial charge in [0, 0.05) is 25.5 Å². The predicted octanol–water partition coefficient (Wildman–Crippen LogP) is 3.32. The summed E-state index contributed by atoms with van der Waals surface area (Å²) < 4.78 is 25.2. The average Bonchev–Trinajstić information content (AvgIpc) is 2.62. The van der Waals surface area contributed by atoms with Crippen LogP contribution in [0.25, 0.3) is 6.08 Å². The van der Waals surface area contributed by atoms with Crippen LogP contribution in [0.1, 0.15) is 5.56 Å². The van der Waals surface area contributed by atoms with E-state index >= 15 is 0 Å². The van der Waals surface area contributed by atoms with E-state index < -0.39 is 10.0 Å². The van der Waals surface area contributed by atoms with Crippen molar-refractivity contribution in [3.05, 3.63) is 66.2 Å². The topological polar surface area (TPSA) is 66.5 Å². The second-order valence-electron chi connectivity index (χ2n) is 5.69. The van der Waals surface area contributed by atoms with E-state index in [4.69, 9.17) is 0 Å². The molecule has 2 rings (SSSR count). The molecular formula is C19H22N2O3S2. The molecule has 0 fully saturated rings. The molecule has 26 heavy (non-hydrogen) atoms. The van der Waals surface area contributed by atoms with Gasteiger partial charge in [0.05, 0.1) is 10.6 Å². The molecule has 1 N–H and O–H groups in total. The maximum atomic E-state index is 12.0. The van der Waals surface area contributed by atoms with E-state index in [0.717, 1.165) is 15.6 Å². The summed E-state index contributed by atoms with van der Waals surface area (Å²) in [5.41, 5.74) is 1.71. The second-order valence-corrected chi connectivity index (χ2v) is 8.87. The molecule has 0 aromatic heterocycles. The van der Waals surface area contributed by atoms with Gasteiger partial charge in [-0.15, -0.1) is 11.8 Å². The Kier molecular flexibility index (Phi) is 7.44. The molecule has 5 nitrogen and oxygen atoms in total. The maximum Gasteiger partial charge on any atom is 0.242 e. The summed E-state index contributed by atoms with van der Waals surface area (Å²) >= 11 is 1.51. The summed E-state index contributed by atoms with van der Waals surface area (Å²) in [5, 5.41) is 2.77. The van der Waals surface area contributed by atoms with Gasteiger partial charge in [0.2, 0.25) is 15.9 Å². The van der Waals surface area contributed by atoms with Crippen molar-refractivity contribution in [1.29, 1.82) is 0 Å². The smallest absolute Gasteiger partial charge is 0.242 e. The molecular weight excluding hydrogens is 368 g/mol. The highest BCUT2D eigenvalue weighted by atomic mass is 32.2. The first-order chi connectivity index (χ1) is 12.4. The first-order valence-electron chi connectivity index (χ1n) is 8.01. The number of nitrogens with one attached hydrogen (secondary N) is 1. The molecule has 0 aliphatic carbocycles. The van der Waals surface area contributed by atoms with E-state index in [2.05, 4.69) is 5.32 Å². The number of carbonyl (C=O) groups excluding carboxylic acids is 1. The van der Waals surface area contributed by atoms with Crippen molar-refractivity contribution in [3.63, 3.8) is 0 Å². The zero-order chi connectivity index (χ0) is 19.0. The Bertz CT molecular complexity index is 846. The monoisotopic (exact) mass is 390 g/mol. The molecule has 0 saturated heterocycles. The molecule has 0 bridgehead atoms. The molecule has 0 heterocycles. The standard InChI is InChI=1S/C19H22N2O3S2/c1-21(2)26(23,24)18-12-10-17(11-13-18)20-19(22)15-25-14-6-9-16-7-4-3-5-8-16/h3-13H,14-15H2,1-2H3,(H,20,22)/b9-6+. The molecule has 0 spiro atoms. The maximum absolute atomic E-state index is 12.0. The molecule has 0 aliphatic heterocycles. The Morgan fingerprint density at radius 1 is 1.08 bits per heavy atom. The fraction of sp³-hybridized carbons (Fsp3) is 0.211. The lowest BCUT2D eigenvalue weighted by molar-refractivity contribution is -0.113. The average molecular weight is 391 g/mol. The molecule has 1 amide bonds. The van der Waals surface area contributed by atoms with Crippen molar-refractivity contribution in [3.8, 4) is 0 Å². The number of rotatable bonds is 8. The van der Waals surface area contributed by atoms with E-state index in [1.807, 2.05) is 42.5 Å². The highest BCUT2D eigenvalue weighted by molar-refractivity contribution is 8.00. The lowest BCUT2D eigenvalue weighted by atomic mass is 10.2. The minimum atomic E-state index is -3.46. The summed E-state index contributed by atoms with van der Waals surface area (Å²) in [5.74, 6) is 0.950. The number of thioether (sulfide) groups is 1. The van der Waals surface area contributed by atoms with Crippen molar-refractivity contribution in [2.45, 2.75) is 4.90 Å². The van der Waals surface area contributed by atoms with Gasteiger partial charge in [-0.3, -0.25) is 4.79 Å². The number of carbonyl (C=O) groups is 1. The summed E-state index contributed by atoms with van der Waals surface area (Å²) in [7, 11) is -0.495. The van der Waals surface area contributed by atoms with E-state index in [1.165, 1.54) is 38.0 Å². The van der Waals surface area contributed by atoms with Crippen LogP contribution in [0.2, 0.25) is 0 Å². The van der Waals surface area contributed by atoms with Gasteiger partial charge in [-0.1, -0.05) is 42.5 Å². The summed E-state index contributed by atoms with van der Waals surface area (Å²) in [6, 6.07) is 16.1. The summed E-state index contributed by atoms with van der Waals surface area (Å²) in [6.45, 7) is 0. The molecule has 2 aromatic carbocycles. The SMILES string of the molecule is CN(C)S(=O)(=O)c1ccc(NC(=O)CSC/C=C/c2ccccc2)cc1. The molecule has 0 unspecified atom stereocenters. The number of anilines is 1. The third kappa shape index (κ3) is 6.01. The Hall–Kier alpha value is -2.09. The number of hydrogen-bond donors (Lipinski definition) is 1. The van der Waals surface area contributed by atoms with E-state index in [0.29, 0.717) is 11.4 Å². The van der Waals surface area contributed by atoms with Gasteiger partial charge in [-0.05, 0) is 29.8 Å². The van der Waals surface area contributed by atoms with Crippen LogP contribution in [0.5, 0.6) is 0 Å². The van der Waals surface area contributed by atoms with Gasteiger partial charge in [-0.2, -0.15) is 0 Å². The zero-order valence-electron chi connectivity index (χ0n) is 14.8. The molecule has 138 valence electrons. The molecule has 0 atom stereocenters. The summed E-state index contributed by atoms with van der Waals surface area (Å²) in [4.78, 5) is 12.1. The normalized spacial score (nSPS) is 11.8. The van der Waals surface area contributed by atoms with Crippen LogP contribution in [0, 0.1) is 0 Å². The minimum Gasteiger partial charge on any atom is -0.325 e.